The molecular formula is C19H19N5O2. The fourth-order valence-corrected chi connectivity index (χ4v) is 2.48. The quantitative estimate of drug-likeness (QED) is 0.741. The molecule has 3 aromatic rings. The number of aromatic nitrogens is 3. The summed E-state index contributed by atoms with van der Waals surface area (Å²) < 4.78 is 1.47. The molecule has 0 spiro atoms. The summed E-state index contributed by atoms with van der Waals surface area (Å²) >= 11 is 0. The topological polar surface area (TPSA) is 88.9 Å². The number of nitrogens with zero attached hydrogens (tertiary/aromatic N) is 3. The van der Waals surface area contributed by atoms with E-state index in [-0.39, 0.29) is 23.6 Å². The number of anilines is 1. The molecule has 1 atom stereocenters. The number of aryl methyl sites for hydroxylation is 1. The molecule has 0 saturated carbocycles. The van der Waals surface area contributed by atoms with Gasteiger partial charge in [0.25, 0.3) is 11.8 Å². The van der Waals surface area contributed by atoms with Crippen molar-refractivity contribution in [1.82, 2.24) is 20.1 Å². The number of pyridine rings is 1. The van der Waals surface area contributed by atoms with Crippen molar-refractivity contribution in [2.75, 3.05) is 5.32 Å². The lowest BCUT2D eigenvalue weighted by Crippen LogP contribution is -2.27. The molecule has 7 nitrogen and oxygen atoms in total. The maximum atomic E-state index is 12.4. The first kappa shape index (κ1) is 17.3. The molecule has 0 radical (unpaired) electrons. The molecule has 0 fully saturated rings. The van der Waals surface area contributed by atoms with Crippen LogP contribution in [0.15, 0.2) is 60.9 Å². The first-order valence-electron chi connectivity index (χ1n) is 8.16. The van der Waals surface area contributed by atoms with E-state index in [1.165, 1.54) is 4.68 Å². The van der Waals surface area contributed by atoms with Gasteiger partial charge in [-0.15, -0.1) is 0 Å². The molecule has 132 valence electrons. The summed E-state index contributed by atoms with van der Waals surface area (Å²) in [5.41, 5.74) is 1.71. The molecule has 2 heterocycles. The lowest BCUT2D eigenvalue weighted by molar-refractivity contribution is 0.0933. The zero-order valence-corrected chi connectivity index (χ0v) is 14.5. The number of hydrogen-bond acceptors (Lipinski definition) is 4. The Labute approximate surface area is 151 Å². The smallest absolute Gasteiger partial charge is 0.272 e. The maximum Gasteiger partial charge on any atom is 0.272 e. The Kier molecular flexibility index (Phi) is 5.07. The maximum absolute atomic E-state index is 12.4. The highest BCUT2D eigenvalue weighted by Crippen LogP contribution is 2.14. The normalized spacial score (nSPS) is 11.6. The lowest BCUT2D eigenvalue weighted by atomic mass is 10.1. The van der Waals surface area contributed by atoms with Crippen LogP contribution >= 0.6 is 0 Å². The molecule has 7 heteroatoms. The molecule has 3 rings (SSSR count). The largest absolute Gasteiger partial charge is 0.344 e. The van der Waals surface area contributed by atoms with Crippen LogP contribution in [-0.4, -0.2) is 26.6 Å². The third-order valence-electron chi connectivity index (χ3n) is 3.94. The minimum Gasteiger partial charge on any atom is -0.344 e. The SMILES string of the molecule is CC(NC(=O)c1cc(NC(=O)c2ccccc2)n(C)n1)c1ccncc1. The summed E-state index contributed by atoms with van der Waals surface area (Å²) in [6.07, 6.45) is 3.35. The molecule has 0 aliphatic carbocycles. The summed E-state index contributed by atoms with van der Waals surface area (Å²) in [6.45, 7) is 1.88. The van der Waals surface area contributed by atoms with E-state index in [0.717, 1.165) is 5.56 Å². The van der Waals surface area contributed by atoms with Gasteiger partial charge in [0, 0.05) is 31.1 Å². The fourth-order valence-electron chi connectivity index (χ4n) is 2.48. The van der Waals surface area contributed by atoms with Crippen LogP contribution in [0.5, 0.6) is 0 Å². The highest BCUT2D eigenvalue weighted by molar-refractivity contribution is 6.04. The summed E-state index contributed by atoms with van der Waals surface area (Å²) in [5, 5.41) is 9.82. The Morgan fingerprint density at radius 3 is 2.42 bits per heavy atom. The number of benzene rings is 1. The summed E-state index contributed by atoms with van der Waals surface area (Å²) in [5.74, 6) is -0.128. The number of hydrogen-bond donors (Lipinski definition) is 2. The lowest BCUT2D eigenvalue weighted by Gasteiger charge is -2.12. The zero-order valence-electron chi connectivity index (χ0n) is 14.5. The van der Waals surface area contributed by atoms with Crippen LogP contribution in [0.2, 0.25) is 0 Å². The van der Waals surface area contributed by atoms with E-state index < -0.39 is 0 Å². The van der Waals surface area contributed by atoms with Crippen molar-refractivity contribution < 1.29 is 9.59 Å². The van der Waals surface area contributed by atoms with Crippen molar-refractivity contribution in [1.29, 1.82) is 0 Å². The summed E-state index contributed by atoms with van der Waals surface area (Å²) in [7, 11) is 1.67. The van der Waals surface area contributed by atoms with Gasteiger partial charge in [-0.05, 0) is 36.8 Å². The van der Waals surface area contributed by atoms with Crippen molar-refractivity contribution in [3.8, 4) is 0 Å². The van der Waals surface area contributed by atoms with Gasteiger partial charge in [0.1, 0.15) is 5.82 Å². The minimum absolute atomic E-state index is 0.185. The van der Waals surface area contributed by atoms with Gasteiger partial charge in [0.05, 0.1) is 6.04 Å². The van der Waals surface area contributed by atoms with Crippen LogP contribution in [0.3, 0.4) is 0 Å². The van der Waals surface area contributed by atoms with E-state index in [9.17, 15) is 9.59 Å². The Morgan fingerprint density at radius 1 is 1.04 bits per heavy atom. The van der Waals surface area contributed by atoms with E-state index >= 15 is 0 Å². The van der Waals surface area contributed by atoms with Gasteiger partial charge in [-0.25, -0.2) is 0 Å². The molecule has 0 bridgehead atoms. The Morgan fingerprint density at radius 2 is 1.73 bits per heavy atom. The van der Waals surface area contributed by atoms with E-state index in [1.54, 1.807) is 49.8 Å². The Balaban J connectivity index is 1.69. The number of carbonyl (C=O) groups is 2. The monoisotopic (exact) mass is 349 g/mol. The molecule has 2 N–H and O–H groups in total. The van der Waals surface area contributed by atoms with Gasteiger partial charge in [-0.3, -0.25) is 19.3 Å². The number of nitrogens with one attached hydrogen (secondary N) is 2. The van der Waals surface area contributed by atoms with Gasteiger partial charge in [-0.2, -0.15) is 5.10 Å². The van der Waals surface area contributed by atoms with Crippen LogP contribution in [0, 0.1) is 0 Å². The third-order valence-corrected chi connectivity index (χ3v) is 3.94. The molecule has 26 heavy (non-hydrogen) atoms. The van der Waals surface area contributed by atoms with Gasteiger partial charge in [-0.1, -0.05) is 18.2 Å². The van der Waals surface area contributed by atoms with Gasteiger partial charge in [0.15, 0.2) is 5.69 Å². The van der Waals surface area contributed by atoms with E-state index in [1.807, 2.05) is 25.1 Å². The standard InChI is InChI=1S/C19H19N5O2/c1-13(14-8-10-20-11-9-14)21-19(26)16-12-17(24(2)23-16)22-18(25)15-6-4-3-5-7-15/h3-13H,1-2H3,(H,21,26)(H,22,25). The van der Waals surface area contributed by atoms with Crippen molar-refractivity contribution in [3.63, 3.8) is 0 Å². The second-order valence-corrected chi connectivity index (χ2v) is 5.83. The first-order chi connectivity index (χ1) is 12.5. The van der Waals surface area contributed by atoms with Gasteiger partial charge in [0.2, 0.25) is 0 Å². The number of amides is 2. The Bertz CT molecular complexity index is 906. The summed E-state index contributed by atoms with van der Waals surface area (Å²) in [6, 6.07) is 13.9. The summed E-state index contributed by atoms with van der Waals surface area (Å²) in [4.78, 5) is 28.6. The predicted octanol–water partition coefficient (Wildman–Crippen LogP) is 2.56. The van der Waals surface area contributed by atoms with E-state index in [0.29, 0.717) is 11.4 Å². The van der Waals surface area contributed by atoms with Crippen LogP contribution in [0.1, 0.15) is 39.4 Å². The average Bonchev–Trinajstić information content (AvgIpc) is 3.03. The number of carbonyl (C=O) groups excluding carboxylic acids is 2. The predicted molar refractivity (Wildman–Crippen MR) is 97.7 cm³/mol. The minimum atomic E-state index is -0.315. The van der Waals surface area contributed by atoms with Crippen molar-refractivity contribution >= 4 is 17.6 Å². The molecule has 0 aliphatic rings. The fraction of sp³-hybridized carbons (Fsp3) is 0.158. The van der Waals surface area contributed by atoms with Crippen LogP contribution in [0.4, 0.5) is 5.82 Å². The molecule has 0 saturated heterocycles. The first-order valence-corrected chi connectivity index (χ1v) is 8.16. The molecule has 1 unspecified atom stereocenters. The highest BCUT2D eigenvalue weighted by Gasteiger charge is 2.17. The highest BCUT2D eigenvalue weighted by atomic mass is 16.2. The van der Waals surface area contributed by atoms with Crippen LogP contribution in [-0.2, 0) is 7.05 Å². The van der Waals surface area contributed by atoms with E-state index in [2.05, 4.69) is 20.7 Å². The van der Waals surface area contributed by atoms with Crippen molar-refractivity contribution in [2.45, 2.75) is 13.0 Å². The van der Waals surface area contributed by atoms with E-state index in [4.69, 9.17) is 0 Å². The van der Waals surface area contributed by atoms with Gasteiger partial charge >= 0.3 is 0 Å². The number of rotatable bonds is 5. The third kappa shape index (κ3) is 3.94. The van der Waals surface area contributed by atoms with Crippen molar-refractivity contribution in [2.24, 2.45) is 7.05 Å². The second kappa shape index (κ2) is 7.60. The molecule has 2 aromatic heterocycles. The van der Waals surface area contributed by atoms with Crippen LogP contribution < -0.4 is 10.6 Å². The Hall–Kier alpha value is -3.48. The molecular weight excluding hydrogens is 330 g/mol. The van der Waals surface area contributed by atoms with Crippen LogP contribution in [0.25, 0.3) is 0 Å². The molecule has 0 aliphatic heterocycles. The zero-order chi connectivity index (χ0) is 18.5. The molecule has 2 amide bonds. The average molecular weight is 349 g/mol. The molecule has 1 aromatic carbocycles. The van der Waals surface area contributed by atoms with Gasteiger partial charge < -0.3 is 10.6 Å². The second-order valence-electron chi connectivity index (χ2n) is 5.83. The van der Waals surface area contributed by atoms with Crippen molar-refractivity contribution in [3.05, 3.63) is 77.7 Å².